The number of hydrogen-bond acceptors (Lipinski definition) is 2. The van der Waals surface area contributed by atoms with Crippen LogP contribution in [0.3, 0.4) is 0 Å². The predicted molar refractivity (Wildman–Crippen MR) is 92.7 cm³/mol. The van der Waals surface area contributed by atoms with Gasteiger partial charge in [0.05, 0.1) is 22.4 Å². The van der Waals surface area contributed by atoms with Crippen molar-refractivity contribution in [3.8, 4) is 6.07 Å². The van der Waals surface area contributed by atoms with Crippen LogP contribution in [0.2, 0.25) is 10.0 Å². The van der Waals surface area contributed by atoms with Crippen LogP contribution in [0.4, 0.5) is 0 Å². The van der Waals surface area contributed by atoms with Crippen molar-refractivity contribution in [1.82, 2.24) is 4.57 Å². The molecule has 0 N–H and O–H groups in total. The molecule has 0 spiro atoms. The summed E-state index contributed by atoms with van der Waals surface area (Å²) in [5.41, 5.74) is 2.77. The number of nitriles is 1. The van der Waals surface area contributed by atoms with E-state index in [0.717, 1.165) is 17.5 Å². The first kappa shape index (κ1) is 15.9. The molecule has 0 unspecified atom stereocenters. The molecule has 1 aliphatic carbocycles. The van der Waals surface area contributed by atoms with Crippen molar-refractivity contribution in [2.24, 2.45) is 5.41 Å². The Bertz CT molecular complexity index is 933. The standard InChI is InChI=1S/C18H14Cl2N2O/c1-18(2)7-12-4-3-11(9-21)5-14(12)16(8-18)22-10-13(19)6-15(20)17(22)23/h3-6,8,10H,7H2,1-2H3. The van der Waals surface area contributed by atoms with Gasteiger partial charge in [-0.15, -0.1) is 0 Å². The number of benzene rings is 1. The molecule has 0 radical (unpaired) electrons. The van der Waals surface area contributed by atoms with Crippen molar-refractivity contribution in [2.45, 2.75) is 20.3 Å². The summed E-state index contributed by atoms with van der Waals surface area (Å²) in [5.74, 6) is 0. The van der Waals surface area contributed by atoms with E-state index in [1.165, 1.54) is 10.6 Å². The van der Waals surface area contributed by atoms with Crippen molar-refractivity contribution in [3.63, 3.8) is 0 Å². The van der Waals surface area contributed by atoms with Crippen molar-refractivity contribution >= 4 is 28.9 Å². The molecule has 1 aliphatic rings. The maximum atomic E-state index is 12.5. The number of hydrogen-bond donors (Lipinski definition) is 0. The Kier molecular flexibility index (Phi) is 3.83. The first-order chi connectivity index (χ1) is 10.8. The van der Waals surface area contributed by atoms with Gasteiger partial charge in [-0.2, -0.15) is 5.26 Å². The molecule has 1 heterocycles. The monoisotopic (exact) mass is 344 g/mol. The zero-order chi connectivity index (χ0) is 16.8. The van der Waals surface area contributed by atoms with Crippen molar-refractivity contribution in [2.75, 3.05) is 0 Å². The summed E-state index contributed by atoms with van der Waals surface area (Å²) in [7, 11) is 0. The average molecular weight is 345 g/mol. The molecule has 0 saturated heterocycles. The molecule has 5 heteroatoms. The van der Waals surface area contributed by atoms with Crippen LogP contribution in [0.15, 0.2) is 41.3 Å². The number of aromatic nitrogens is 1. The fourth-order valence-electron chi connectivity index (χ4n) is 2.92. The fraction of sp³-hybridized carbons (Fsp3) is 0.222. The van der Waals surface area contributed by atoms with Gasteiger partial charge in [0, 0.05) is 11.8 Å². The summed E-state index contributed by atoms with van der Waals surface area (Å²) in [6.07, 6.45) is 4.43. The van der Waals surface area contributed by atoms with Crippen LogP contribution in [-0.2, 0) is 6.42 Å². The summed E-state index contributed by atoms with van der Waals surface area (Å²) < 4.78 is 1.46. The Labute approximate surface area is 144 Å². The van der Waals surface area contributed by atoms with Crippen LogP contribution in [0.25, 0.3) is 5.70 Å². The van der Waals surface area contributed by atoms with Crippen molar-refractivity contribution < 1.29 is 0 Å². The highest BCUT2D eigenvalue weighted by molar-refractivity contribution is 6.34. The van der Waals surface area contributed by atoms with E-state index in [1.807, 2.05) is 12.1 Å². The highest BCUT2D eigenvalue weighted by Gasteiger charge is 2.27. The third-order valence-electron chi connectivity index (χ3n) is 3.89. The van der Waals surface area contributed by atoms with E-state index in [0.29, 0.717) is 16.3 Å². The molecule has 1 aromatic heterocycles. The summed E-state index contributed by atoms with van der Waals surface area (Å²) in [4.78, 5) is 12.5. The highest BCUT2D eigenvalue weighted by Crippen LogP contribution is 2.37. The molecule has 116 valence electrons. The minimum Gasteiger partial charge on any atom is -0.281 e. The van der Waals surface area contributed by atoms with E-state index < -0.39 is 0 Å². The lowest BCUT2D eigenvalue weighted by Gasteiger charge is -2.30. The van der Waals surface area contributed by atoms with Gasteiger partial charge in [0.2, 0.25) is 0 Å². The zero-order valence-corrected chi connectivity index (χ0v) is 14.2. The molecule has 0 bridgehead atoms. The van der Waals surface area contributed by atoms with Crippen LogP contribution < -0.4 is 5.56 Å². The lowest BCUT2D eigenvalue weighted by atomic mass is 9.77. The maximum absolute atomic E-state index is 12.5. The van der Waals surface area contributed by atoms with Crippen LogP contribution in [-0.4, -0.2) is 4.57 Å². The molecule has 2 aromatic rings. The smallest absolute Gasteiger partial charge is 0.273 e. The second-order valence-corrected chi connectivity index (χ2v) is 7.20. The SMILES string of the molecule is CC1(C)C=C(n2cc(Cl)cc(Cl)c2=O)c2cc(C#N)ccc2C1. The van der Waals surface area contributed by atoms with Gasteiger partial charge in [0.15, 0.2) is 0 Å². The molecule has 0 amide bonds. The third-order valence-corrected chi connectivity index (χ3v) is 4.37. The van der Waals surface area contributed by atoms with E-state index in [-0.39, 0.29) is 16.0 Å². The summed E-state index contributed by atoms with van der Waals surface area (Å²) >= 11 is 12.1. The van der Waals surface area contributed by atoms with Gasteiger partial charge in [-0.1, -0.05) is 49.2 Å². The number of allylic oxidation sites excluding steroid dienone is 1. The highest BCUT2D eigenvalue weighted by atomic mass is 35.5. The molecule has 0 saturated carbocycles. The Hall–Kier alpha value is -2.02. The van der Waals surface area contributed by atoms with Gasteiger partial charge in [0.1, 0.15) is 5.02 Å². The van der Waals surface area contributed by atoms with Crippen LogP contribution in [0.5, 0.6) is 0 Å². The Morgan fingerprint density at radius 2 is 2.00 bits per heavy atom. The topological polar surface area (TPSA) is 45.8 Å². The first-order valence-electron chi connectivity index (χ1n) is 7.15. The van der Waals surface area contributed by atoms with E-state index in [9.17, 15) is 4.79 Å². The van der Waals surface area contributed by atoms with E-state index in [4.69, 9.17) is 28.5 Å². The lowest BCUT2D eigenvalue weighted by molar-refractivity contribution is 0.470. The minimum absolute atomic E-state index is 0.0692. The minimum atomic E-state index is -0.326. The van der Waals surface area contributed by atoms with Gasteiger partial charge in [-0.3, -0.25) is 9.36 Å². The zero-order valence-electron chi connectivity index (χ0n) is 12.7. The largest absolute Gasteiger partial charge is 0.281 e. The van der Waals surface area contributed by atoms with Gasteiger partial charge < -0.3 is 0 Å². The number of rotatable bonds is 1. The average Bonchev–Trinajstić information content (AvgIpc) is 2.49. The van der Waals surface area contributed by atoms with Crippen molar-refractivity contribution in [1.29, 1.82) is 5.26 Å². The normalized spacial score (nSPS) is 15.5. The number of pyridine rings is 1. The molecular weight excluding hydrogens is 331 g/mol. The lowest BCUT2D eigenvalue weighted by Crippen LogP contribution is -2.26. The molecule has 0 fully saturated rings. The molecule has 0 aliphatic heterocycles. The van der Waals surface area contributed by atoms with Crippen LogP contribution in [0.1, 0.15) is 30.5 Å². The van der Waals surface area contributed by atoms with Gasteiger partial charge in [-0.05, 0) is 35.6 Å². The van der Waals surface area contributed by atoms with Gasteiger partial charge in [0.25, 0.3) is 5.56 Å². The molecule has 0 atom stereocenters. The van der Waals surface area contributed by atoms with Crippen LogP contribution in [0, 0.1) is 16.7 Å². The van der Waals surface area contributed by atoms with E-state index in [2.05, 4.69) is 19.9 Å². The molecular formula is C18H14Cl2N2O. The summed E-state index contributed by atoms with van der Waals surface area (Å²) in [6.45, 7) is 4.21. The van der Waals surface area contributed by atoms with E-state index >= 15 is 0 Å². The molecule has 3 nitrogen and oxygen atoms in total. The number of halogens is 2. The Balaban J connectivity index is 2.33. The number of nitrogens with zero attached hydrogens (tertiary/aromatic N) is 2. The second-order valence-electron chi connectivity index (χ2n) is 6.36. The summed E-state index contributed by atoms with van der Waals surface area (Å²) in [5, 5.41) is 9.62. The third kappa shape index (κ3) is 2.93. The van der Waals surface area contributed by atoms with Crippen molar-refractivity contribution in [3.05, 3.63) is 73.6 Å². The van der Waals surface area contributed by atoms with E-state index in [1.54, 1.807) is 18.3 Å². The second kappa shape index (κ2) is 5.56. The number of fused-ring (bicyclic) bond motifs is 1. The fourth-order valence-corrected chi connectivity index (χ4v) is 3.39. The molecule has 23 heavy (non-hydrogen) atoms. The summed E-state index contributed by atoms with van der Waals surface area (Å²) in [6, 6.07) is 9.12. The molecule has 3 rings (SSSR count). The predicted octanol–water partition coefficient (Wildman–Crippen LogP) is 4.50. The Morgan fingerprint density at radius 1 is 1.26 bits per heavy atom. The molecule has 1 aromatic carbocycles. The van der Waals surface area contributed by atoms with Gasteiger partial charge >= 0.3 is 0 Å². The van der Waals surface area contributed by atoms with Gasteiger partial charge in [-0.25, -0.2) is 0 Å². The quantitative estimate of drug-likeness (QED) is 0.764. The Morgan fingerprint density at radius 3 is 2.70 bits per heavy atom. The maximum Gasteiger partial charge on any atom is 0.273 e. The van der Waals surface area contributed by atoms with Crippen LogP contribution >= 0.6 is 23.2 Å². The first-order valence-corrected chi connectivity index (χ1v) is 7.91.